The van der Waals surface area contributed by atoms with Crippen LogP contribution in [-0.4, -0.2) is 50.5 Å². The fourth-order valence-corrected chi connectivity index (χ4v) is 5.89. The van der Waals surface area contributed by atoms with Crippen LogP contribution in [0.3, 0.4) is 0 Å². The van der Waals surface area contributed by atoms with Gasteiger partial charge in [0, 0.05) is 37.5 Å². The van der Waals surface area contributed by atoms with E-state index < -0.39 is 16.1 Å². The number of halogens is 1. The lowest BCUT2D eigenvalue weighted by molar-refractivity contribution is -0.141. The third kappa shape index (κ3) is 8.57. The number of hydrogen-bond acceptors (Lipinski definition) is 4. The van der Waals surface area contributed by atoms with Gasteiger partial charge >= 0.3 is 0 Å². The topological polar surface area (TPSA) is 86.8 Å². The molecular formula is C31H38ClN3O4S. The first-order chi connectivity index (χ1) is 19.0. The lowest BCUT2D eigenvalue weighted by Crippen LogP contribution is -2.50. The van der Waals surface area contributed by atoms with Gasteiger partial charge in [-0.1, -0.05) is 77.8 Å². The van der Waals surface area contributed by atoms with Crippen LogP contribution in [-0.2, 0) is 32.6 Å². The summed E-state index contributed by atoms with van der Waals surface area (Å²) in [6.45, 7) is 6.41. The van der Waals surface area contributed by atoms with Crippen LogP contribution in [0.1, 0.15) is 42.0 Å². The standard InChI is InChI=1S/C31H38ClN3O4S/c1-5-33-31(37)29(21-25-13-7-6-8-14-25)34(22-26-15-9-12-23(2)20-26)30(36)18-11-19-35(40(4,38)39)28-17-10-16-27(32)24(28)3/h6-10,12-17,20,29H,5,11,18-19,21-22H2,1-4H3,(H,33,37)/t29-/m0/s1. The zero-order chi connectivity index (χ0) is 29.3. The van der Waals surface area contributed by atoms with Crippen molar-refractivity contribution in [2.75, 3.05) is 23.7 Å². The van der Waals surface area contributed by atoms with Crippen molar-refractivity contribution in [2.45, 2.75) is 52.6 Å². The van der Waals surface area contributed by atoms with Crippen molar-refractivity contribution in [2.24, 2.45) is 0 Å². The van der Waals surface area contributed by atoms with Crippen LogP contribution in [0.2, 0.25) is 5.02 Å². The second-order valence-corrected chi connectivity index (χ2v) is 12.2. The number of likely N-dealkylation sites (N-methyl/N-ethyl adjacent to an activating group) is 1. The zero-order valence-electron chi connectivity index (χ0n) is 23.6. The van der Waals surface area contributed by atoms with E-state index >= 15 is 0 Å². The molecule has 0 fully saturated rings. The molecule has 9 heteroatoms. The molecule has 0 saturated heterocycles. The highest BCUT2D eigenvalue weighted by molar-refractivity contribution is 7.92. The van der Waals surface area contributed by atoms with Gasteiger partial charge in [0.2, 0.25) is 21.8 Å². The number of hydrogen-bond donors (Lipinski definition) is 1. The highest BCUT2D eigenvalue weighted by Gasteiger charge is 2.30. The van der Waals surface area contributed by atoms with Crippen LogP contribution in [0, 0.1) is 13.8 Å². The molecule has 3 aromatic carbocycles. The normalized spacial score (nSPS) is 12.0. The van der Waals surface area contributed by atoms with Gasteiger partial charge in [0.1, 0.15) is 6.04 Å². The predicted molar refractivity (Wildman–Crippen MR) is 162 cm³/mol. The van der Waals surface area contributed by atoms with Gasteiger partial charge in [-0.25, -0.2) is 8.42 Å². The van der Waals surface area contributed by atoms with Gasteiger partial charge in [0.15, 0.2) is 0 Å². The summed E-state index contributed by atoms with van der Waals surface area (Å²) in [5.41, 5.74) is 4.07. The quantitative estimate of drug-likeness (QED) is 0.297. The molecule has 7 nitrogen and oxygen atoms in total. The van der Waals surface area contributed by atoms with E-state index in [1.807, 2.05) is 68.4 Å². The number of rotatable bonds is 13. The van der Waals surface area contributed by atoms with Gasteiger partial charge in [0.05, 0.1) is 11.9 Å². The van der Waals surface area contributed by atoms with Crippen LogP contribution in [0.25, 0.3) is 0 Å². The second-order valence-electron chi connectivity index (χ2n) is 9.93. The Morgan fingerprint density at radius 2 is 1.62 bits per heavy atom. The maximum atomic E-state index is 13.8. The third-order valence-corrected chi connectivity index (χ3v) is 8.31. The molecule has 2 amide bonds. The largest absolute Gasteiger partial charge is 0.355 e. The molecule has 0 heterocycles. The molecule has 40 heavy (non-hydrogen) atoms. The summed E-state index contributed by atoms with van der Waals surface area (Å²) in [7, 11) is -3.62. The molecular weight excluding hydrogens is 546 g/mol. The highest BCUT2D eigenvalue weighted by Crippen LogP contribution is 2.28. The summed E-state index contributed by atoms with van der Waals surface area (Å²) in [4.78, 5) is 28.8. The van der Waals surface area contributed by atoms with E-state index in [4.69, 9.17) is 11.6 Å². The van der Waals surface area contributed by atoms with Gasteiger partial charge in [-0.3, -0.25) is 13.9 Å². The molecule has 0 spiro atoms. The molecule has 0 unspecified atom stereocenters. The van der Waals surface area contributed by atoms with Crippen molar-refractivity contribution in [1.29, 1.82) is 0 Å². The van der Waals surface area contributed by atoms with E-state index in [1.54, 1.807) is 30.0 Å². The summed E-state index contributed by atoms with van der Waals surface area (Å²) >= 11 is 6.26. The summed E-state index contributed by atoms with van der Waals surface area (Å²) in [5.74, 6) is -0.440. The van der Waals surface area contributed by atoms with E-state index in [0.717, 1.165) is 22.9 Å². The molecule has 0 saturated carbocycles. The first-order valence-electron chi connectivity index (χ1n) is 13.4. The number of aryl methyl sites for hydroxylation is 1. The van der Waals surface area contributed by atoms with Crippen LogP contribution < -0.4 is 9.62 Å². The minimum atomic E-state index is -3.62. The maximum Gasteiger partial charge on any atom is 0.243 e. The first-order valence-corrected chi connectivity index (χ1v) is 15.6. The Labute approximate surface area is 243 Å². The Balaban J connectivity index is 1.88. The molecule has 1 atom stereocenters. The molecule has 214 valence electrons. The monoisotopic (exact) mass is 583 g/mol. The first kappa shape index (κ1) is 31.2. The SMILES string of the molecule is CCNC(=O)[C@H](Cc1ccccc1)N(Cc1cccc(C)c1)C(=O)CCCN(c1cccc(Cl)c1C)S(C)(=O)=O. The Hall–Kier alpha value is -3.36. The van der Waals surface area contributed by atoms with Crippen molar-refractivity contribution in [1.82, 2.24) is 10.2 Å². The average Bonchev–Trinajstić information content (AvgIpc) is 2.90. The van der Waals surface area contributed by atoms with Crippen molar-refractivity contribution >= 4 is 39.1 Å². The molecule has 0 bridgehead atoms. The van der Waals surface area contributed by atoms with Crippen molar-refractivity contribution < 1.29 is 18.0 Å². The summed E-state index contributed by atoms with van der Waals surface area (Å²) in [6.07, 6.45) is 1.85. The molecule has 0 aromatic heterocycles. The van der Waals surface area contributed by atoms with Crippen molar-refractivity contribution in [3.63, 3.8) is 0 Å². The van der Waals surface area contributed by atoms with Crippen LogP contribution in [0.15, 0.2) is 72.8 Å². The molecule has 0 radical (unpaired) electrons. The number of sulfonamides is 1. The zero-order valence-corrected chi connectivity index (χ0v) is 25.1. The number of nitrogens with one attached hydrogen (secondary N) is 1. The van der Waals surface area contributed by atoms with E-state index in [9.17, 15) is 18.0 Å². The molecule has 0 aliphatic carbocycles. The van der Waals surface area contributed by atoms with E-state index in [2.05, 4.69) is 5.32 Å². The predicted octanol–water partition coefficient (Wildman–Crippen LogP) is 5.28. The molecule has 3 aromatic rings. The Bertz CT molecular complexity index is 1410. The molecule has 3 rings (SSSR count). The molecule has 1 N–H and O–H groups in total. The maximum absolute atomic E-state index is 13.8. The van der Waals surface area contributed by atoms with Gasteiger partial charge in [-0.2, -0.15) is 0 Å². The number of carbonyl (C=O) groups excluding carboxylic acids is 2. The molecule has 0 aliphatic rings. The van der Waals surface area contributed by atoms with Gasteiger partial charge in [-0.15, -0.1) is 0 Å². The Morgan fingerprint density at radius 1 is 0.950 bits per heavy atom. The van der Waals surface area contributed by atoms with E-state index in [-0.39, 0.29) is 37.7 Å². The fraction of sp³-hybridized carbons (Fsp3) is 0.355. The highest BCUT2D eigenvalue weighted by atomic mass is 35.5. The number of anilines is 1. The lowest BCUT2D eigenvalue weighted by atomic mass is 10.0. The van der Waals surface area contributed by atoms with Crippen LogP contribution in [0.4, 0.5) is 5.69 Å². The second kappa shape index (κ2) is 14.3. The number of nitrogens with zero attached hydrogens (tertiary/aromatic N) is 2. The Kier molecular flexibility index (Phi) is 11.2. The van der Waals surface area contributed by atoms with Gasteiger partial charge < -0.3 is 10.2 Å². The lowest BCUT2D eigenvalue weighted by Gasteiger charge is -2.32. The van der Waals surface area contributed by atoms with Crippen LogP contribution >= 0.6 is 11.6 Å². The van der Waals surface area contributed by atoms with Gasteiger partial charge in [0.25, 0.3) is 0 Å². The Morgan fingerprint density at radius 3 is 2.27 bits per heavy atom. The van der Waals surface area contributed by atoms with E-state index in [0.29, 0.717) is 29.2 Å². The van der Waals surface area contributed by atoms with Crippen molar-refractivity contribution in [3.8, 4) is 0 Å². The summed E-state index contributed by atoms with van der Waals surface area (Å²) < 4.78 is 26.7. The minimum absolute atomic E-state index is 0.0716. The van der Waals surface area contributed by atoms with Gasteiger partial charge in [-0.05, 0) is 56.0 Å². The van der Waals surface area contributed by atoms with Crippen LogP contribution in [0.5, 0.6) is 0 Å². The smallest absolute Gasteiger partial charge is 0.243 e. The average molecular weight is 584 g/mol. The number of carbonyl (C=O) groups is 2. The minimum Gasteiger partial charge on any atom is -0.355 e. The summed E-state index contributed by atoms with van der Waals surface area (Å²) in [5, 5.41) is 3.36. The van der Waals surface area contributed by atoms with Crippen molar-refractivity contribution in [3.05, 3.63) is 100 Å². The number of benzene rings is 3. The summed E-state index contributed by atoms with van der Waals surface area (Å²) in [6, 6.07) is 21.9. The molecule has 0 aliphatic heterocycles. The van der Waals surface area contributed by atoms with E-state index in [1.165, 1.54) is 4.31 Å². The fourth-order valence-electron chi connectivity index (χ4n) is 4.70. The number of amides is 2. The third-order valence-electron chi connectivity index (χ3n) is 6.72.